The lowest BCUT2D eigenvalue weighted by Crippen LogP contribution is -2.65. The Morgan fingerprint density at radius 3 is 2.11 bits per heavy atom. The van der Waals surface area contributed by atoms with Crippen molar-refractivity contribution in [2.45, 2.75) is 66.2 Å². The summed E-state index contributed by atoms with van der Waals surface area (Å²) in [7, 11) is -4.85. The van der Waals surface area contributed by atoms with Crippen molar-refractivity contribution in [1.82, 2.24) is 0 Å². The lowest BCUT2D eigenvalue weighted by molar-refractivity contribution is -0.388. The topological polar surface area (TPSA) is 52.6 Å². The van der Waals surface area contributed by atoms with Gasteiger partial charge in [-0.15, -0.1) is 0 Å². The summed E-state index contributed by atoms with van der Waals surface area (Å²) in [5, 5.41) is 0. The van der Waals surface area contributed by atoms with Gasteiger partial charge in [-0.25, -0.2) is 8.42 Å². The summed E-state index contributed by atoms with van der Waals surface area (Å²) < 4.78 is 82.5. The minimum atomic E-state index is -5.24. The van der Waals surface area contributed by atoms with E-state index in [-0.39, 0.29) is 23.3 Å². The van der Waals surface area contributed by atoms with Gasteiger partial charge in [0.15, 0.2) is 0 Å². The van der Waals surface area contributed by atoms with Gasteiger partial charge in [0.1, 0.15) is 0 Å². The summed E-state index contributed by atoms with van der Waals surface area (Å²) >= 11 is 0. The van der Waals surface area contributed by atoms with E-state index in [4.69, 9.17) is 9.47 Å². The van der Waals surface area contributed by atoms with Crippen LogP contribution in [0.2, 0.25) is 0 Å². The van der Waals surface area contributed by atoms with Crippen LogP contribution in [0.15, 0.2) is 77.7 Å². The van der Waals surface area contributed by atoms with E-state index in [9.17, 15) is 8.42 Å². The number of hydrogen-bond donors (Lipinski definition) is 0. The molecule has 1 aliphatic heterocycles. The monoisotopic (exact) mass is 504 g/mol. The Kier molecular flexibility index (Phi) is 6.64. The van der Waals surface area contributed by atoms with Crippen LogP contribution in [0.3, 0.4) is 0 Å². The van der Waals surface area contributed by atoms with Crippen LogP contribution in [0.4, 0.5) is 13.2 Å². The fraction of sp³-hybridized carbons (Fsp3) is 0.407. The summed E-state index contributed by atoms with van der Waals surface area (Å²) in [5.41, 5.74) is -1.39. The molecule has 4 nitrogen and oxygen atoms in total. The standard InChI is InChI=1S/C27H27F3O4S/c1-3-33-26(27(28,29)30)25(20-17-22-13-7-4-8-14-22,35(31,32)23-15-9-5-10-16-23)21(2)24(34-26)18-11-6-12-19-24/h4-5,7-10,13-16H,2-3,6,11-12,18-19H2,1H3/t25-,26+/m0/s1. The van der Waals surface area contributed by atoms with E-state index in [0.29, 0.717) is 18.4 Å². The fourth-order valence-electron chi connectivity index (χ4n) is 5.15. The predicted molar refractivity (Wildman–Crippen MR) is 126 cm³/mol. The number of benzene rings is 2. The Morgan fingerprint density at radius 2 is 1.57 bits per heavy atom. The van der Waals surface area contributed by atoms with Crippen molar-refractivity contribution in [2.75, 3.05) is 6.61 Å². The van der Waals surface area contributed by atoms with Crippen molar-refractivity contribution in [3.63, 3.8) is 0 Å². The fourth-order valence-corrected chi connectivity index (χ4v) is 7.29. The van der Waals surface area contributed by atoms with Gasteiger partial charge in [-0.05, 0) is 49.6 Å². The van der Waals surface area contributed by atoms with Gasteiger partial charge >= 0.3 is 12.0 Å². The van der Waals surface area contributed by atoms with Crippen LogP contribution in [-0.2, 0) is 19.3 Å². The largest absolute Gasteiger partial charge is 0.446 e. The van der Waals surface area contributed by atoms with E-state index in [1.54, 1.807) is 36.4 Å². The van der Waals surface area contributed by atoms with Crippen LogP contribution in [0, 0.1) is 11.8 Å². The molecule has 0 bridgehead atoms. The normalized spacial score (nSPS) is 26.3. The maximum absolute atomic E-state index is 15.2. The van der Waals surface area contributed by atoms with Crippen LogP contribution in [0.25, 0.3) is 0 Å². The van der Waals surface area contributed by atoms with Crippen molar-refractivity contribution in [3.05, 3.63) is 78.4 Å². The molecule has 1 aliphatic carbocycles. The van der Waals surface area contributed by atoms with Crippen LogP contribution in [0.5, 0.6) is 0 Å². The molecule has 186 valence electrons. The molecular formula is C27H27F3O4S. The lowest BCUT2D eigenvalue weighted by atomic mass is 9.76. The quantitative estimate of drug-likeness (QED) is 0.388. The minimum Gasteiger partial charge on any atom is -0.341 e. The highest BCUT2D eigenvalue weighted by Gasteiger charge is 2.83. The highest BCUT2D eigenvalue weighted by Crippen LogP contribution is 2.63. The minimum absolute atomic E-state index is 0.204. The SMILES string of the molecule is C=C1C2(CCCCC2)O[C@@](OCC)(C(F)(F)F)[C@@]1(C#Cc1ccccc1)S(=O)(=O)c1ccccc1. The van der Waals surface area contributed by atoms with Gasteiger partial charge in [-0.1, -0.05) is 74.1 Å². The second kappa shape index (κ2) is 9.12. The zero-order chi connectivity index (χ0) is 25.4. The van der Waals surface area contributed by atoms with Gasteiger partial charge < -0.3 is 9.47 Å². The summed E-state index contributed by atoms with van der Waals surface area (Å²) in [6.07, 6.45) is -2.87. The molecule has 2 aliphatic rings. The molecule has 0 N–H and O–H groups in total. The molecule has 0 aromatic heterocycles. The lowest BCUT2D eigenvalue weighted by Gasteiger charge is -2.41. The van der Waals surface area contributed by atoms with Gasteiger partial charge in [-0.2, -0.15) is 13.2 Å². The first-order valence-electron chi connectivity index (χ1n) is 11.5. The van der Waals surface area contributed by atoms with Crippen molar-refractivity contribution in [1.29, 1.82) is 0 Å². The highest BCUT2D eigenvalue weighted by atomic mass is 32.2. The molecule has 2 aromatic rings. The average molecular weight is 505 g/mol. The number of sulfone groups is 1. The van der Waals surface area contributed by atoms with Gasteiger partial charge in [-0.3, -0.25) is 0 Å². The second-order valence-electron chi connectivity index (χ2n) is 8.80. The molecule has 4 rings (SSSR count). The van der Waals surface area contributed by atoms with Crippen LogP contribution in [-0.4, -0.2) is 37.3 Å². The molecule has 35 heavy (non-hydrogen) atoms. The molecule has 1 saturated carbocycles. The molecule has 0 amide bonds. The summed E-state index contributed by atoms with van der Waals surface area (Å²) in [5.74, 6) is 1.68. The van der Waals surface area contributed by atoms with Gasteiger partial charge in [0.05, 0.1) is 10.5 Å². The highest BCUT2D eigenvalue weighted by molar-refractivity contribution is 7.93. The molecule has 0 unspecified atom stereocenters. The van der Waals surface area contributed by atoms with Crippen molar-refractivity contribution in [3.8, 4) is 11.8 Å². The Balaban J connectivity index is 2.12. The third-order valence-electron chi connectivity index (χ3n) is 6.77. The number of rotatable bonds is 4. The van der Waals surface area contributed by atoms with Crippen LogP contribution < -0.4 is 0 Å². The molecule has 8 heteroatoms. The maximum atomic E-state index is 15.2. The van der Waals surface area contributed by atoms with Crippen molar-refractivity contribution >= 4 is 9.84 Å². The maximum Gasteiger partial charge on any atom is 0.446 e. The Morgan fingerprint density at radius 1 is 1.00 bits per heavy atom. The number of ether oxygens (including phenoxy) is 2. The Hall–Kier alpha value is -2.60. The Bertz CT molecular complexity index is 1240. The van der Waals surface area contributed by atoms with E-state index < -0.39 is 38.8 Å². The zero-order valence-corrected chi connectivity index (χ0v) is 20.2. The second-order valence-corrected chi connectivity index (χ2v) is 10.9. The van der Waals surface area contributed by atoms with Crippen LogP contribution in [0.1, 0.15) is 44.6 Å². The third-order valence-corrected chi connectivity index (χ3v) is 9.09. The number of hydrogen-bond acceptors (Lipinski definition) is 4. The molecular weight excluding hydrogens is 477 g/mol. The van der Waals surface area contributed by atoms with E-state index in [1.165, 1.54) is 31.2 Å². The van der Waals surface area contributed by atoms with Crippen molar-refractivity contribution < 1.29 is 31.1 Å². The predicted octanol–water partition coefficient (Wildman–Crippen LogP) is 5.84. The number of halogens is 3. The van der Waals surface area contributed by atoms with Crippen molar-refractivity contribution in [2.24, 2.45) is 0 Å². The van der Waals surface area contributed by atoms with Gasteiger partial charge in [0.25, 0.3) is 0 Å². The average Bonchev–Trinajstić information content (AvgIpc) is 3.05. The van der Waals surface area contributed by atoms with E-state index >= 15 is 13.2 Å². The van der Waals surface area contributed by atoms with E-state index in [1.807, 2.05) is 0 Å². The first kappa shape index (κ1) is 25.5. The smallest absolute Gasteiger partial charge is 0.341 e. The van der Waals surface area contributed by atoms with E-state index in [0.717, 1.165) is 6.42 Å². The Labute approximate surface area is 204 Å². The molecule has 0 radical (unpaired) electrons. The first-order chi connectivity index (χ1) is 16.6. The van der Waals surface area contributed by atoms with Crippen LogP contribution >= 0.6 is 0 Å². The molecule has 1 spiro atoms. The van der Waals surface area contributed by atoms with Gasteiger partial charge in [0.2, 0.25) is 14.6 Å². The first-order valence-corrected chi connectivity index (χ1v) is 13.0. The summed E-state index contributed by atoms with van der Waals surface area (Å²) in [4.78, 5) is -0.312. The molecule has 1 heterocycles. The molecule has 2 atom stereocenters. The third kappa shape index (κ3) is 3.81. The molecule has 1 saturated heterocycles. The van der Waals surface area contributed by atoms with E-state index in [2.05, 4.69) is 18.4 Å². The van der Waals surface area contributed by atoms with Gasteiger partial charge in [0, 0.05) is 12.2 Å². The summed E-state index contributed by atoms with van der Waals surface area (Å²) in [6, 6.07) is 15.3. The molecule has 2 fully saturated rings. The number of alkyl halides is 3. The molecule has 2 aromatic carbocycles. The zero-order valence-electron chi connectivity index (χ0n) is 19.4. The summed E-state index contributed by atoms with van der Waals surface area (Å²) in [6.45, 7) is 4.92.